The van der Waals surface area contributed by atoms with Gasteiger partial charge in [0.25, 0.3) is 0 Å². The summed E-state index contributed by atoms with van der Waals surface area (Å²) < 4.78 is 7.37. The Morgan fingerprint density at radius 3 is 2.82 bits per heavy atom. The minimum atomic E-state index is 0.452. The van der Waals surface area contributed by atoms with Crippen LogP contribution in [0.4, 0.5) is 0 Å². The van der Waals surface area contributed by atoms with Gasteiger partial charge in [0.2, 0.25) is 0 Å². The number of carbonyl (C=O) groups is 1. The van der Waals surface area contributed by atoms with Gasteiger partial charge in [-0.15, -0.1) is 0 Å². The molecule has 0 saturated heterocycles. The quantitative estimate of drug-likeness (QED) is 0.562. The third kappa shape index (κ3) is 3.53. The lowest BCUT2D eigenvalue weighted by Gasteiger charge is -2.04. The van der Waals surface area contributed by atoms with Crippen LogP contribution in [0.1, 0.15) is 16.1 Å². The number of carbonyl (C=O) groups excluding carboxylic acids is 1. The van der Waals surface area contributed by atoms with Crippen LogP contribution in [0.15, 0.2) is 42.9 Å². The first-order chi connectivity index (χ1) is 8.38. The Morgan fingerprint density at radius 2 is 2.12 bits per heavy atom. The Hall–Kier alpha value is -1.94. The highest BCUT2D eigenvalue weighted by Gasteiger charge is 1.97. The van der Waals surface area contributed by atoms with Crippen LogP contribution in [-0.4, -0.2) is 22.4 Å². The van der Waals surface area contributed by atoms with E-state index >= 15 is 0 Å². The Labute approximate surface area is 99.9 Å². The molecule has 0 radical (unpaired) electrons. The molecule has 4 heteroatoms. The van der Waals surface area contributed by atoms with Gasteiger partial charge in [0, 0.05) is 12.7 Å². The molecule has 0 N–H and O–H groups in total. The van der Waals surface area contributed by atoms with Crippen molar-refractivity contribution >= 4 is 6.29 Å². The van der Waals surface area contributed by atoms with Crippen molar-refractivity contribution in [2.45, 2.75) is 13.2 Å². The predicted octanol–water partition coefficient (Wildman–Crippen LogP) is 1.91. The minimum absolute atomic E-state index is 0.452. The maximum absolute atomic E-state index is 10.4. The maximum atomic E-state index is 10.4. The van der Waals surface area contributed by atoms with Gasteiger partial charge < -0.3 is 9.30 Å². The van der Waals surface area contributed by atoms with Crippen molar-refractivity contribution < 1.29 is 9.53 Å². The van der Waals surface area contributed by atoms with Crippen LogP contribution >= 0.6 is 0 Å². The molecule has 1 aromatic heterocycles. The number of aldehydes is 1. The zero-order valence-corrected chi connectivity index (χ0v) is 9.45. The number of benzene rings is 1. The lowest BCUT2D eigenvalue weighted by molar-refractivity contribution is 0.111. The molecule has 4 nitrogen and oxygen atoms in total. The molecule has 17 heavy (non-hydrogen) atoms. The zero-order chi connectivity index (χ0) is 11.9. The number of imidazole rings is 1. The van der Waals surface area contributed by atoms with Gasteiger partial charge in [0.15, 0.2) is 6.29 Å². The Bertz CT molecular complexity index is 465. The summed E-state index contributed by atoms with van der Waals surface area (Å²) >= 11 is 0. The molecule has 0 unspecified atom stereocenters. The highest BCUT2D eigenvalue weighted by atomic mass is 16.5. The molecular formula is C13H14N2O2. The van der Waals surface area contributed by atoms with E-state index in [1.54, 1.807) is 12.5 Å². The summed E-state index contributed by atoms with van der Waals surface area (Å²) in [5.41, 5.74) is 1.61. The van der Waals surface area contributed by atoms with Crippen LogP contribution in [0.5, 0.6) is 0 Å². The topological polar surface area (TPSA) is 44.1 Å². The molecule has 0 aliphatic heterocycles. The van der Waals surface area contributed by atoms with E-state index in [9.17, 15) is 4.79 Å². The molecule has 0 aliphatic carbocycles. The molecule has 0 spiro atoms. The maximum Gasteiger partial charge on any atom is 0.169 e. The summed E-state index contributed by atoms with van der Waals surface area (Å²) in [6, 6.07) is 10.0. The lowest BCUT2D eigenvalue weighted by atomic mass is 10.2. The van der Waals surface area contributed by atoms with Crippen molar-refractivity contribution in [1.29, 1.82) is 0 Å². The average molecular weight is 230 g/mol. The van der Waals surface area contributed by atoms with Gasteiger partial charge in [-0.3, -0.25) is 4.79 Å². The summed E-state index contributed by atoms with van der Waals surface area (Å²) in [5, 5.41) is 0. The van der Waals surface area contributed by atoms with E-state index in [0.29, 0.717) is 25.5 Å². The molecule has 1 aromatic carbocycles. The SMILES string of the molecule is O=Cc1cn(CCOCc2ccccc2)cn1. The number of nitrogens with zero attached hydrogens (tertiary/aromatic N) is 2. The van der Waals surface area contributed by atoms with Crippen molar-refractivity contribution in [3.8, 4) is 0 Å². The molecular weight excluding hydrogens is 216 g/mol. The fourth-order valence-corrected chi connectivity index (χ4v) is 1.49. The number of hydrogen-bond acceptors (Lipinski definition) is 3. The van der Waals surface area contributed by atoms with Gasteiger partial charge in [-0.1, -0.05) is 30.3 Å². The predicted molar refractivity (Wildman–Crippen MR) is 63.7 cm³/mol. The van der Waals surface area contributed by atoms with Gasteiger partial charge in [-0.25, -0.2) is 4.98 Å². The van der Waals surface area contributed by atoms with E-state index in [1.807, 2.05) is 34.9 Å². The first kappa shape index (κ1) is 11.5. The van der Waals surface area contributed by atoms with Crippen LogP contribution < -0.4 is 0 Å². The summed E-state index contributed by atoms with van der Waals surface area (Å²) in [7, 11) is 0. The standard InChI is InChI=1S/C13H14N2O2/c16-9-13-8-15(11-14-13)6-7-17-10-12-4-2-1-3-5-12/h1-5,8-9,11H,6-7,10H2. The first-order valence-electron chi connectivity index (χ1n) is 5.47. The molecule has 1 heterocycles. The Morgan fingerprint density at radius 1 is 1.29 bits per heavy atom. The fourth-order valence-electron chi connectivity index (χ4n) is 1.49. The monoisotopic (exact) mass is 230 g/mol. The second-order valence-corrected chi connectivity index (χ2v) is 3.69. The smallest absolute Gasteiger partial charge is 0.169 e. The summed E-state index contributed by atoms with van der Waals surface area (Å²) in [4.78, 5) is 14.3. The lowest BCUT2D eigenvalue weighted by Crippen LogP contribution is -2.04. The molecule has 0 saturated carbocycles. The van der Waals surface area contributed by atoms with E-state index in [4.69, 9.17) is 4.74 Å². The number of ether oxygens (including phenoxy) is 1. The molecule has 0 amide bonds. The summed E-state index contributed by atoms with van der Waals surface area (Å²) in [6.45, 7) is 1.91. The van der Waals surface area contributed by atoms with Crippen LogP contribution in [0.25, 0.3) is 0 Å². The van der Waals surface area contributed by atoms with E-state index in [2.05, 4.69) is 4.98 Å². The number of hydrogen-bond donors (Lipinski definition) is 0. The van der Waals surface area contributed by atoms with Gasteiger partial charge in [0.1, 0.15) is 5.69 Å². The second-order valence-electron chi connectivity index (χ2n) is 3.69. The first-order valence-corrected chi connectivity index (χ1v) is 5.47. The van der Waals surface area contributed by atoms with Gasteiger partial charge >= 0.3 is 0 Å². The van der Waals surface area contributed by atoms with E-state index < -0.39 is 0 Å². The minimum Gasteiger partial charge on any atom is -0.375 e. The van der Waals surface area contributed by atoms with Crippen molar-refractivity contribution in [1.82, 2.24) is 9.55 Å². The molecule has 0 fully saturated rings. The molecule has 0 bridgehead atoms. The zero-order valence-electron chi connectivity index (χ0n) is 9.45. The molecule has 0 aliphatic rings. The van der Waals surface area contributed by atoms with Gasteiger partial charge in [-0.2, -0.15) is 0 Å². The Balaban J connectivity index is 1.71. The van der Waals surface area contributed by atoms with Crippen molar-refractivity contribution in [3.05, 3.63) is 54.1 Å². The Kier molecular flexibility index (Phi) is 4.05. The van der Waals surface area contributed by atoms with Crippen LogP contribution in [-0.2, 0) is 17.9 Å². The largest absolute Gasteiger partial charge is 0.375 e. The highest BCUT2D eigenvalue weighted by molar-refractivity contribution is 5.70. The third-order valence-electron chi connectivity index (χ3n) is 2.38. The molecule has 0 atom stereocenters. The van der Waals surface area contributed by atoms with E-state index in [-0.39, 0.29) is 0 Å². The highest BCUT2D eigenvalue weighted by Crippen LogP contribution is 2.00. The fraction of sp³-hybridized carbons (Fsp3) is 0.231. The normalized spacial score (nSPS) is 10.4. The van der Waals surface area contributed by atoms with Gasteiger partial charge in [0.05, 0.1) is 19.5 Å². The van der Waals surface area contributed by atoms with Gasteiger partial charge in [-0.05, 0) is 5.56 Å². The van der Waals surface area contributed by atoms with E-state index in [1.165, 1.54) is 0 Å². The van der Waals surface area contributed by atoms with Crippen LogP contribution in [0.3, 0.4) is 0 Å². The van der Waals surface area contributed by atoms with Crippen LogP contribution in [0, 0.1) is 0 Å². The summed E-state index contributed by atoms with van der Waals surface area (Å²) in [5.74, 6) is 0. The third-order valence-corrected chi connectivity index (χ3v) is 2.38. The van der Waals surface area contributed by atoms with Crippen LogP contribution in [0.2, 0.25) is 0 Å². The van der Waals surface area contributed by atoms with E-state index in [0.717, 1.165) is 11.8 Å². The second kappa shape index (κ2) is 5.96. The number of aromatic nitrogens is 2. The molecule has 2 aromatic rings. The summed E-state index contributed by atoms with van der Waals surface area (Å²) in [6.07, 6.45) is 4.08. The molecule has 88 valence electrons. The number of rotatable bonds is 6. The average Bonchev–Trinajstić information content (AvgIpc) is 2.84. The van der Waals surface area contributed by atoms with Crippen molar-refractivity contribution in [2.24, 2.45) is 0 Å². The molecule has 2 rings (SSSR count). The van der Waals surface area contributed by atoms with Crippen molar-refractivity contribution in [3.63, 3.8) is 0 Å². The van der Waals surface area contributed by atoms with Crippen molar-refractivity contribution in [2.75, 3.05) is 6.61 Å².